The Bertz CT molecular complexity index is 3650. The van der Waals surface area contributed by atoms with Gasteiger partial charge in [0, 0.05) is 11.1 Å². The largest absolute Gasteiger partial charge is 0.276 e. The normalized spacial score (nSPS) is 12.8. The minimum atomic E-state index is -0.491. The second kappa shape index (κ2) is 9.80. The molecule has 0 spiro atoms. The summed E-state index contributed by atoms with van der Waals surface area (Å²) in [5.74, 6) is 0. The summed E-state index contributed by atoms with van der Waals surface area (Å²) in [5, 5.41) is 26.8. The standard InChI is InChI=1S/C50H22Cl2O2/c51-49(53)23-17-19-33-35(21-23)41-31-15-7-5-13-29(31)38-27-11-3-1-9-25(27)37-26-10-2-4-12-28(26)39-30-14-6-8-16-32(30)42-36-22-24(50(52)54)18-20-34(36)40(33)46-47(41)44(38)43(37)45(39)48(42)46/h1-22H. The van der Waals surface area contributed by atoms with Crippen LogP contribution in [0.25, 0.3) is 129 Å². The van der Waals surface area contributed by atoms with E-state index in [1.807, 2.05) is 24.3 Å². The van der Waals surface area contributed by atoms with Crippen molar-refractivity contribution >= 4 is 163 Å². The van der Waals surface area contributed by atoms with Crippen LogP contribution in [0.15, 0.2) is 133 Å². The van der Waals surface area contributed by atoms with Gasteiger partial charge in [-0.3, -0.25) is 9.59 Å². The van der Waals surface area contributed by atoms with Gasteiger partial charge in [-0.25, -0.2) is 0 Å². The van der Waals surface area contributed by atoms with Crippen molar-refractivity contribution in [2.24, 2.45) is 0 Å². The average Bonchev–Trinajstić information content (AvgIpc) is 3.21. The monoisotopic (exact) mass is 724 g/mol. The van der Waals surface area contributed by atoms with E-state index in [1.54, 1.807) is 0 Å². The molecule has 13 rings (SSSR count). The third-order valence-corrected chi connectivity index (χ3v) is 12.9. The molecule has 0 amide bonds. The smallest absolute Gasteiger partial charge is 0.252 e. The summed E-state index contributed by atoms with van der Waals surface area (Å²) in [4.78, 5) is 25.7. The van der Waals surface area contributed by atoms with E-state index in [-0.39, 0.29) is 0 Å². The fourth-order valence-electron chi connectivity index (χ4n) is 10.6. The number of fused-ring (bicyclic) bond motifs is 18. The van der Waals surface area contributed by atoms with E-state index in [2.05, 4.69) is 109 Å². The van der Waals surface area contributed by atoms with Crippen molar-refractivity contribution in [1.29, 1.82) is 0 Å². The maximum absolute atomic E-state index is 12.9. The molecule has 0 unspecified atom stereocenters. The summed E-state index contributed by atoms with van der Waals surface area (Å²) in [6.07, 6.45) is 0. The molecule has 54 heavy (non-hydrogen) atoms. The molecule has 0 aromatic heterocycles. The zero-order chi connectivity index (χ0) is 35.7. The number of hydrogen-bond acceptors (Lipinski definition) is 2. The number of carbonyl (C=O) groups is 2. The second-order valence-electron chi connectivity index (χ2n) is 14.8. The number of rotatable bonds is 2. The number of carbonyl (C=O) groups excluding carboxylic acids is 2. The van der Waals surface area contributed by atoms with Crippen LogP contribution in [0.1, 0.15) is 20.7 Å². The van der Waals surface area contributed by atoms with Crippen LogP contribution in [-0.4, -0.2) is 10.5 Å². The molecule has 2 nitrogen and oxygen atoms in total. The first-order valence-electron chi connectivity index (χ1n) is 18.1. The molecule has 0 saturated carbocycles. The highest BCUT2D eigenvalue weighted by molar-refractivity contribution is 6.68. The van der Waals surface area contributed by atoms with Gasteiger partial charge in [-0.2, -0.15) is 0 Å². The van der Waals surface area contributed by atoms with Crippen LogP contribution < -0.4 is 0 Å². The maximum atomic E-state index is 12.9. The quantitative estimate of drug-likeness (QED) is 0.101. The Hall–Kier alpha value is -6.32. The van der Waals surface area contributed by atoms with Crippen molar-refractivity contribution in [3.8, 4) is 0 Å². The van der Waals surface area contributed by atoms with Crippen molar-refractivity contribution in [3.63, 3.8) is 0 Å². The fraction of sp³-hybridized carbons (Fsp3) is 0. The predicted molar refractivity (Wildman–Crippen MR) is 230 cm³/mol. The Morgan fingerprint density at radius 3 is 0.685 bits per heavy atom. The topological polar surface area (TPSA) is 34.1 Å². The molecule has 0 saturated heterocycles. The van der Waals surface area contributed by atoms with Crippen LogP contribution in [0.2, 0.25) is 0 Å². The minimum absolute atomic E-state index is 0.453. The van der Waals surface area contributed by atoms with Gasteiger partial charge >= 0.3 is 0 Å². The van der Waals surface area contributed by atoms with Gasteiger partial charge in [0.15, 0.2) is 0 Å². The SMILES string of the molecule is O=C(Cl)c1ccc2c(c1)c1c3ccccc3c3c4ccccc4c4c5ccccc5c5c6ccccc6c6c7cc(C(=O)Cl)ccc7c2c2c1c3c4c5c62. The Balaban J connectivity index is 1.56. The van der Waals surface area contributed by atoms with Crippen LogP contribution in [0.4, 0.5) is 0 Å². The molecule has 0 aliphatic heterocycles. The second-order valence-corrected chi connectivity index (χ2v) is 15.4. The van der Waals surface area contributed by atoms with Crippen LogP contribution in [0, 0.1) is 0 Å². The molecule has 0 fully saturated rings. The fourth-order valence-corrected chi connectivity index (χ4v) is 10.8. The van der Waals surface area contributed by atoms with E-state index in [1.165, 1.54) is 80.8 Å². The summed E-state index contributed by atoms with van der Waals surface area (Å²) in [6.45, 7) is 0. The molecule has 4 heteroatoms. The highest BCUT2D eigenvalue weighted by Gasteiger charge is 2.30. The van der Waals surface area contributed by atoms with E-state index in [0.717, 1.165) is 48.5 Å². The van der Waals surface area contributed by atoms with Crippen molar-refractivity contribution < 1.29 is 9.59 Å². The van der Waals surface area contributed by atoms with Gasteiger partial charge in [0.1, 0.15) is 0 Å². The van der Waals surface area contributed by atoms with Crippen LogP contribution in [0.3, 0.4) is 0 Å². The van der Waals surface area contributed by atoms with Crippen molar-refractivity contribution in [2.75, 3.05) is 0 Å². The van der Waals surface area contributed by atoms with Crippen molar-refractivity contribution in [2.45, 2.75) is 0 Å². The van der Waals surface area contributed by atoms with Crippen molar-refractivity contribution in [1.82, 2.24) is 0 Å². The molecule has 248 valence electrons. The van der Waals surface area contributed by atoms with E-state index in [9.17, 15) is 9.59 Å². The highest BCUT2D eigenvalue weighted by atomic mass is 35.5. The van der Waals surface area contributed by atoms with Crippen LogP contribution in [0.5, 0.6) is 0 Å². The summed E-state index contributed by atoms with van der Waals surface area (Å²) in [6, 6.07) is 47.0. The van der Waals surface area contributed by atoms with Crippen molar-refractivity contribution in [3.05, 3.63) is 145 Å². The maximum Gasteiger partial charge on any atom is 0.252 e. The number of hydrogen-bond donors (Lipinski definition) is 0. The average molecular weight is 726 g/mol. The van der Waals surface area contributed by atoms with E-state index in [0.29, 0.717) is 11.1 Å². The minimum Gasteiger partial charge on any atom is -0.276 e. The molecule has 0 aliphatic rings. The summed E-state index contributed by atoms with van der Waals surface area (Å²) in [7, 11) is 0. The third-order valence-electron chi connectivity index (χ3n) is 12.4. The zero-order valence-electron chi connectivity index (χ0n) is 28.3. The molecule has 0 aliphatic carbocycles. The van der Waals surface area contributed by atoms with Gasteiger partial charge in [0.25, 0.3) is 10.5 Å². The first-order chi connectivity index (χ1) is 26.5. The molecular weight excluding hydrogens is 703 g/mol. The Labute approximate surface area is 315 Å². The summed E-state index contributed by atoms with van der Waals surface area (Å²) >= 11 is 12.5. The lowest BCUT2D eigenvalue weighted by Crippen LogP contribution is -2.00. The molecule has 0 radical (unpaired) electrons. The predicted octanol–water partition coefficient (Wildman–Crippen LogP) is 14.6. The van der Waals surface area contributed by atoms with E-state index < -0.39 is 10.5 Å². The molecule has 0 bridgehead atoms. The Kier molecular flexibility index (Phi) is 5.30. The van der Waals surface area contributed by atoms with Crippen LogP contribution in [-0.2, 0) is 0 Å². The molecule has 13 aromatic rings. The third kappa shape index (κ3) is 3.24. The molecule has 0 atom stereocenters. The first-order valence-corrected chi connectivity index (χ1v) is 18.8. The lowest BCUT2D eigenvalue weighted by Gasteiger charge is -2.28. The zero-order valence-corrected chi connectivity index (χ0v) is 29.8. The molecule has 0 N–H and O–H groups in total. The van der Waals surface area contributed by atoms with Gasteiger partial charge in [-0.05, 0) is 177 Å². The lowest BCUT2D eigenvalue weighted by atomic mass is 9.74. The van der Waals surface area contributed by atoms with E-state index >= 15 is 0 Å². The molecular formula is C50H22Cl2O2. The van der Waals surface area contributed by atoms with Crippen LogP contribution >= 0.6 is 23.2 Å². The van der Waals surface area contributed by atoms with E-state index in [4.69, 9.17) is 23.2 Å². The van der Waals surface area contributed by atoms with Gasteiger partial charge in [-0.15, -0.1) is 0 Å². The molecule has 13 aromatic carbocycles. The highest BCUT2D eigenvalue weighted by Crippen LogP contribution is 2.59. The lowest BCUT2D eigenvalue weighted by molar-refractivity contribution is 0.107. The Morgan fingerprint density at radius 1 is 0.259 bits per heavy atom. The number of benzene rings is 13. The Morgan fingerprint density at radius 2 is 0.463 bits per heavy atom. The first kappa shape index (κ1) is 29.2. The molecule has 0 heterocycles. The summed E-state index contributed by atoms with van der Waals surface area (Å²) in [5.41, 5.74) is 0.907. The van der Waals surface area contributed by atoms with Gasteiger partial charge < -0.3 is 0 Å². The van der Waals surface area contributed by atoms with Gasteiger partial charge in [-0.1, -0.05) is 109 Å². The van der Waals surface area contributed by atoms with Gasteiger partial charge in [0.2, 0.25) is 0 Å². The number of halogens is 2. The van der Waals surface area contributed by atoms with Gasteiger partial charge in [0.05, 0.1) is 0 Å². The summed E-state index contributed by atoms with van der Waals surface area (Å²) < 4.78 is 0.